The molecule has 0 spiro atoms. The number of aliphatic hydroxyl groups is 3. The summed E-state index contributed by atoms with van der Waals surface area (Å²) in [6, 6.07) is 0. The number of amides is 1. The van der Waals surface area contributed by atoms with Crippen LogP contribution in [0.3, 0.4) is 0 Å². The van der Waals surface area contributed by atoms with Crippen LogP contribution in [0.15, 0.2) is 0 Å². The van der Waals surface area contributed by atoms with Crippen LogP contribution in [0.1, 0.15) is 39.5 Å². The molecule has 1 aliphatic heterocycles. The second kappa shape index (κ2) is 9.94. The lowest BCUT2D eigenvalue weighted by atomic mass is 10.00. The number of ether oxygens (including phenoxy) is 2. The largest absolute Gasteiger partial charge is 0.388 e. The molecule has 1 heterocycles. The number of Topliss-reactive ketones (excluding diaryl/α,β-unsaturated/α-hetero) is 1. The third-order valence-electron chi connectivity index (χ3n) is 3.70. The van der Waals surface area contributed by atoms with E-state index in [0.717, 1.165) is 0 Å². The number of ketones is 1. The summed E-state index contributed by atoms with van der Waals surface area (Å²) in [6.07, 6.45) is -4.46. The van der Waals surface area contributed by atoms with E-state index >= 15 is 0 Å². The van der Waals surface area contributed by atoms with Gasteiger partial charge in [0.2, 0.25) is 5.91 Å². The fourth-order valence-corrected chi connectivity index (χ4v) is 2.28. The van der Waals surface area contributed by atoms with Crippen LogP contribution >= 0.6 is 0 Å². The van der Waals surface area contributed by atoms with Crippen LogP contribution in [0.2, 0.25) is 0 Å². The molecule has 0 saturated carbocycles. The van der Waals surface area contributed by atoms with Crippen molar-refractivity contribution >= 4 is 11.7 Å². The van der Waals surface area contributed by atoms with Gasteiger partial charge in [-0.2, -0.15) is 0 Å². The molecule has 23 heavy (non-hydrogen) atoms. The fraction of sp³-hybridized carbons (Fsp3) is 0.867. The zero-order valence-electron chi connectivity index (χ0n) is 13.6. The zero-order chi connectivity index (χ0) is 17.4. The molecule has 0 aromatic carbocycles. The van der Waals surface area contributed by atoms with Crippen LogP contribution in [-0.4, -0.2) is 70.9 Å². The number of hydrogen-bond acceptors (Lipinski definition) is 7. The minimum absolute atomic E-state index is 0.0335. The third-order valence-corrected chi connectivity index (χ3v) is 3.70. The van der Waals surface area contributed by atoms with E-state index in [1.54, 1.807) is 6.92 Å². The SMILES string of the molecule is CCNC(=O)CCC(=O)CCCO[C@@H]1O[C@@H](C)[C@@H](O)[C@@H](O)[C@@H]1O. The van der Waals surface area contributed by atoms with Crippen molar-refractivity contribution in [2.75, 3.05) is 13.2 Å². The van der Waals surface area contributed by atoms with E-state index in [4.69, 9.17) is 9.47 Å². The Labute approximate surface area is 135 Å². The number of carbonyl (C=O) groups excluding carboxylic acids is 2. The maximum atomic E-state index is 11.6. The number of rotatable bonds is 9. The molecule has 0 radical (unpaired) electrons. The summed E-state index contributed by atoms with van der Waals surface area (Å²) in [5.41, 5.74) is 0. The highest BCUT2D eigenvalue weighted by molar-refractivity contribution is 5.84. The minimum Gasteiger partial charge on any atom is -0.388 e. The Kier molecular flexibility index (Phi) is 8.64. The smallest absolute Gasteiger partial charge is 0.220 e. The van der Waals surface area contributed by atoms with Gasteiger partial charge in [0.1, 0.15) is 24.1 Å². The first kappa shape index (κ1) is 20.0. The lowest BCUT2D eigenvalue weighted by molar-refractivity contribution is -0.293. The molecule has 8 heteroatoms. The van der Waals surface area contributed by atoms with Crippen molar-refractivity contribution < 1.29 is 34.4 Å². The summed E-state index contributed by atoms with van der Waals surface area (Å²) < 4.78 is 10.6. The second-order valence-electron chi connectivity index (χ2n) is 5.65. The summed E-state index contributed by atoms with van der Waals surface area (Å²) in [6.45, 7) is 4.10. The first-order valence-electron chi connectivity index (χ1n) is 7.96. The van der Waals surface area contributed by atoms with E-state index in [1.165, 1.54) is 0 Å². The molecule has 1 saturated heterocycles. The van der Waals surface area contributed by atoms with Crippen LogP contribution in [0.4, 0.5) is 0 Å². The Balaban J connectivity index is 2.19. The van der Waals surface area contributed by atoms with Crippen molar-refractivity contribution in [1.29, 1.82) is 0 Å². The van der Waals surface area contributed by atoms with Crippen molar-refractivity contribution in [1.82, 2.24) is 5.32 Å². The molecule has 0 bridgehead atoms. The molecular weight excluding hydrogens is 306 g/mol. The molecule has 0 aromatic rings. The highest BCUT2D eigenvalue weighted by atomic mass is 16.7. The quantitative estimate of drug-likeness (QED) is 0.403. The van der Waals surface area contributed by atoms with E-state index < -0.39 is 30.7 Å². The predicted octanol–water partition coefficient (Wildman–Crippen LogP) is -0.904. The molecule has 1 amide bonds. The van der Waals surface area contributed by atoms with Gasteiger partial charge in [-0.25, -0.2) is 0 Å². The highest BCUT2D eigenvalue weighted by Gasteiger charge is 2.42. The van der Waals surface area contributed by atoms with Crippen LogP contribution in [0, 0.1) is 0 Å². The Morgan fingerprint density at radius 2 is 1.78 bits per heavy atom. The van der Waals surface area contributed by atoms with Crippen LogP contribution in [-0.2, 0) is 19.1 Å². The Hall–Kier alpha value is -1.06. The van der Waals surface area contributed by atoms with Crippen LogP contribution in [0.5, 0.6) is 0 Å². The monoisotopic (exact) mass is 333 g/mol. The minimum atomic E-state index is -1.34. The Bertz CT molecular complexity index is 390. The normalized spacial score (nSPS) is 30.9. The molecule has 1 fully saturated rings. The standard InChI is InChI=1S/C15H27NO7/c1-3-16-11(18)7-6-10(17)5-4-8-22-15-14(21)13(20)12(19)9(2)23-15/h9,12-15,19-21H,3-8H2,1-2H3,(H,16,18)/t9-,12+,13+,14-,15+/m0/s1. The van der Waals surface area contributed by atoms with Crippen molar-refractivity contribution in [3.63, 3.8) is 0 Å². The molecule has 0 unspecified atom stereocenters. The fourth-order valence-electron chi connectivity index (χ4n) is 2.28. The van der Waals surface area contributed by atoms with Crippen molar-refractivity contribution in [2.24, 2.45) is 0 Å². The van der Waals surface area contributed by atoms with Gasteiger partial charge >= 0.3 is 0 Å². The summed E-state index contributed by atoms with van der Waals surface area (Å²) in [5, 5.41) is 31.6. The van der Waals surface area contributed by atoms with Gasteiger partial charge in [0, 0.05) is 25.8 Å². The average Bonchev–Trinajstić information content (AvgIpc) is 2.52. The van der Waals surface area contributed by atoms with Gasteiger partial charge in [-0.15, -0.1) is 0 Å². The van der Waals surface area contributed by atoms with Crippen LogP contribution in [0.25, 0.3) is 0 Å². The van der Waals surface area contributed by atoms with Gasteiger partial charge in [0.05, 0.1) is 12.7 Å². The van der Waals surface area contributed by atoms with Crippen molar-refractivity contribution in [3.05, 3.63) is 0 Å². The maximum absolute atomic E-state index is 11.6. The Morgan fingerprint density at radius 1 is 1.09 bits per heavy atom. The third kappa shape index (κ3) is 6.52. The lowest BCUT2D eigenvalue weighted by Crippen LogP contribution is -2.57. The average molecular weight is 333 g/mol. The van der Waals surface area contributed by atoms with E-state index in [1.807, 2.05) is 6.92 Å². The van der Waals surface area contributed by atoms with Crippen molar-refractivity contribution in [3.8, 4) is 0 Å². The van der Waals surface area contributed by atoms with Gasteiger partial charge in [-0.05, 0) is 20.3 Å². The molecule has 0 aromatic heterocycles. The first-order valence-corrected chi connectivity index (χ1v) is 7.96. The van der Waals surface area contributed by atoms with E-state index in [0.29, 0.717) is 13.0 Å². The molecule has 134 valence electrons. The number of aliphatic hydroxyl groups excluding tert-OH is 3. The van der Waals surface area contributed by atoms with Crippen molar-refractivity contribution in [2.45, 2.75) is 70.2 Å². The van der Waals surface area contributed by atoms with Gasteiger partial charge < -0.3 is 30.1 Å². The highest BCUT2D eigenvalue weighted by Crippen LogP contribution is 2.21. The molecule has 0 aliphatic carbocycles. The number of carbonyl (C=O) groups is 2. The number of nitrogens with one attached hydrogen (secondary N) is 1. The van der Waals surface area contributed by atoms with E-state index in [9.17, 15) is 24.9 Å². The summed E-state index contributed by atoms with van der Waals surface area (Å²) in [7, 11) is 0. The number of hydrogen-bond donors (Lipinski definition) is 4. The van der Waals surface area contributed by atoms with Gasteiger partial charge in [0.15, 0.2) is 6.29 Å². The van der Waals surface area contributed by atoms with Gasteiger partial charge in [-0.3, -0.25) is 9.59 Å². The molecular formula is C15H27NO7. The lowest BCUT2D eigenvalue weighted by Gasteiger charge is -2.38. The Morgan fingerprint density at radius 3 is 2.43 bits per heavy atom. The summed E-state index contributed by atoms with van der Waals surface area (Å²) in [4.78, 5) is 22.9. The molecule has 8 nitrogen and oxygen atoms in total. The van der Waals surface area contributed by atoms with E-state index in [2.05, 4.69) is 5.32 Å². The molecule has 1 aliphatic rings. The first-order chi connectivity index (χ1) is 10.9. The zero-order valence-corrected chi connectivity index (χ0v) is 13.6. The van der Waals surface area contributed by atoms with Gasteiger partial charge in [-0.1, -0.05) is 0 Å². The topological polar surface area (TPSA) is 125 Å². The molecule has 5 atom stereocenters. The molecule has 4 N–H and O–H groups in total. The maximum Gasteiger partial charge on any atom is 0.220 e. The predicted molar refractivity (Wildman–Crippen MR) is 80.5 cm³/mol. The van der Waals surface area contributed by atoms with E-state index in [-0.39, 0.29) is 37.6 Å². The summed E-state index contributed by atoms with van der Waals surface area (Å²) >= 11 is 0. The van der Waals surface area contributed by atoms with Crippen LogP contribution < -0.4 is 5.32 Å². The summed E-state index contributed by atoms with van der Waals surface area (Å²) in [5.74, 6) is -0.175. The second-order valence-corrected chi connectivity index (χ2v) is 5.65. The van der Waals surface area contributed by atoms with Gasteiger partial charge in [0.25, 0.3) is 0 Å². The molecule has 1 rings (SSSR count).